The minimum atomic E-state index is -0.438. The third-order valence-electron chi connectivity index (χ3n) is 1.66. The van der Waals surface area contributed by atoms with Crippen LogP contribution in [0.1, 0.15) is 6.92 Å². The SMILES string of the molecule is CC(=O)N1CCS[C@H]1C(=O)NN. The molecule has 0 unspecified atom stereocenters. The van der Waals surface area contributed by atoms with Crippen molar-refractivity contribution in [3.63, 3.8) is 0 Å². The molecule has 0 aliphatic carbocycles. The van der Waals surface area contributed by atoms with Crippen molar-refractivity contribution in [2.24, 2.45) is 5.84 Å². The van der Waals surface area contributed by atoms with Crippen LogP contribution in [-0.4, -0.2) is 34.4 Å². The third kappa shape index (κ3) is 1.70. The van der Waals surface area contributed by atoms with E-state index in [1.54, 1.807) is 0 Å². The molecule has 6 heteroatoms. The van der Waals surface area contributed by atoms with E-state index in [0.29, 0.717) is 6.54 Å². The van der Waals surface area contributed by atoms with Gasteiger partial charge >= 0.3 is 0 Å². The Balaban J connectivity index is 2.63. The summed E-state index contributed by atoms with van der Waals surface area (Å²) in [5.41, 5.74) is 2.04. The molecule has 1 saturated heterocycles. The molecule has 3 N–H and O–H groups in total. The largest absolute Gasteiger partial charge is 0.321 e. The second kappa shape index (κ2) is 3.77. The molecule has 1 atom stereocenters. The maximum Gasteiger partial charge on any atom is 0.267 e. The van der Waals surface area contributed by atoms with Crippen molar-refractivity contribution < 1.29 is 9.59 Å². The first kappa shape index (κ1) is 9.34. The third-order valence-corrected chi connectivity index (χ3v) is 2.86. The Morgan fingerprint density at radius 1 is 1.67 bits per heavy atom. The minimum Gasteiger partial charge on any atom is -0.321 e. The normalized spacial score (nSPS) is 22.5. The molecule has 1 rings (SSSR count). The van der Waals surface area contributed by atoms with Gasteiger partial charge in [-0.05, 0) is 0 Å². The van der Waals surface area contributed by atoms with E-state index in [-0.39, 0.29) is 11.8 Å². The van der Waals surface area contributed by atoms with Crippen molar-refractivity contribution in [2.75, 3.05) is 12.3 Å². The predicted molar refractivity (Wildman–Crippen MR) is 46.0 cm³/mol. The van der Waals surface area contributed by atoms with Gasteiger partial charge in [0.25, 0.3) is 5.91 Å². The minimum absolute atomic E-state index is 0.0893. The molecule has 12 heavy (non-hydrogen) atoms. The van der Waals surface area contributed by atoms with Crippen LogP contribution in [0.25, 0.3) is 0 Å². The summed E-state index contributed by atoms with van der Waals surface area (Å²) in [7, 11) is 0. The van der Waals surface area contributed by atoms with Gasteiger partial charge < -0.3 is 4.90 Å². The van der Waals surface area contributed by atoms with Crippen molar-refractivity contribution in [2.45, 2.75) is 12.3 Å². The second-order valence-electron chi connectivity index (χ2n) is 2.44. The van der Waals surface area contributed by atoms with Gasteiger partial charge in [-0.15, -0.1) is 11.8 Å². The summed E-state index contributed by atoms with van der Waals surface area (Å²) in [6, 6.07) is 0. The lowest BCUT2D eigenvalue weighted by Gasteiger charge is -2.19. The molecule has 68 valence electrons. The summed E-state index contributed by atoms with van der Waals surface area (Å²) in [5.74, 6) is 5.35. The summed E-state index contributed by atoms with van der Waals surface area (Å²) in [5, 5.41) is -0.438. The van der Waals surface area contributed by atoms with Crippen LogP contribution >= 0.6 is 11.8 Å². The molecular weight excluding hydrogens is 178 g/mol. The van der Waals surface area contributed by atoms with Crippen molar-refractivity contribution in [3.05, 3.63) is 0 Å². The van der Waals surface area contributed by atoms with E-state index in [1.165, 1.54) is 23.6 Å². The highest BCUT2D eigenvalue weighted by Crippen LogP contribution is 2.23. The molecular formula is C6H11N3O2S. The Labute approximate surface area is 74.6 Å². The van der Waals surface area contributed by atoms with E-state index in [4.69, 9.17) is 5.84 Å². The van der Waals surface area contributed by atoms with E-state index in [9.17, 15) is 9.59 Å². The summed E-state index contributed by atoms with van der Waals surface area (Å²) in [4.78, 5) is 23.6. The Kier molecular flexibility index (Phi) is 2.93. The quantitative estimate of drug-likeness (QED) is 0.312. The molecule has 5 nitrogen and oxygen atoms in total. The number of hydrogen-bond donors (Lipinski definition) is 2. The number of hydrogen-bond acceptors (Lipinski definition) is 4. The van der Waals surface area contributed by atoms with Crippen LogP contribution < -0.4 is 11.3 Å². The molecule has 0 saturated carbocycles. The molecule has 0 radical (unpaired) electrons. The Morgan fingerprint density at radius 3 is 2.83 bits per heavy atom. The van der Waals surface area contributed by atoms with Crippen LogP contribution in [0.4, 0.5) is 0 Å². The van der Waals surface area contributed by atoms with Gasteiger partial charge in [-0.3, -0.25) is 15.0 Å². The molecule has 1 aliphatic rings. The first-order valence-electron chi connectivity index (χ1n) is 3.56. The van der Waals surface area contributed by atoms with Crippen LogP contribution in [0.2, 0.25) is 0 Å². The second-order valence-corrected chi connectivity index (χ2v) is 3.63. The van der Waals surface area contributed by atoms with Gasteiger partial charge in [-0.25, -0.2) is 5.84 Å². The zero-order valence-corrected chi connectivity index (χ0v) is 7.56. The number of nitrogens with two attached hydrogens (primary N) is 1. The number of nitrogens with zero attached hydrogens (tertiary/aromatic N) is 1. The average Bonchev–Trinajstić information content (AvgIpc) is 2.50. The number of hydrazine groups is 1. The summed E-state index contributed by atoms with van der Waals surface area (Å²) >= 11 is 1.42. The first-order chi connectivity index (χ1) is 5.66. The van der Waals surface area contributed by atoms with Crippen LogP contribution in [0.5, 0.6) is 0 Å². The van der Waals surface area contributed by atoms with E-state index in [1.807, 2.05) is 5.43 Å². The summed E-state index contributed by atoms with van der Waals surface area (Å²) in [6.45, 7) is 2.07. The van der Waals surface area contributed by atoms with Crippen LogP contribution in [-0.2, 0) is 9.59 Å². The van der Waals surface area contributed by atoms with Crippen LogP contribution in [0.15, 0.2) is 0 Å². The van der Waals surface area contributed by atoms with Crippen molar-refractivity contribution >= 4 is 23.6 Å². The van der Waals surface area contributed by atoms with E-state index >= 15 is 0 Å². The fourth-order valence-electron chi connectivity index (χ4n) is 1.08. The summed E-state index contributed by atoms with van der Waals surface area (Å²) < 4.78 is 0. The average molecular weight is 189 g/mol. The smallest absolute Gasteiger partial charge is 0.267 e. The Hall–Kier alpha value is -0.750. The maximum atomic E-state index is 11.1. The molecule has 1 aliphatic heterocycles. The molecule has 1 fully saturated rings. The number of carbonyl (C=O) groups excluding carboxylic acids is 2. The molecule has 1 heterocycles. The van der Waals surface area contributed by atoms with E-state index in [2.05, 4.69) is 0 Å². The zero-order chi connectivity index (χ0) is 9.14. The fraction of sp³-hybridized carbons (Fsp3) is 0.667. The van der Waals surface area contributed by atoms with Crippen LogP contribution in [0, 0.1) is 0 Å². The monoisotopic (exact) mass is 189 g/mol. The van der Waals surface area contributed by atoms with Crippen molar-refractivity contribution in [1.82, 2.24) is 10.3 Å². The standard InChI is InChI=1S/C6H11N3O2S/c1-4(10)9-2-3-12-6(9)5(11)8-7/h6H,2-3,7H2,1H3,(H,8,11)/t6-/m0/s1. The van der Waals surface area contributed by atoms with Crippen molar-refractivity contribution in [1.29, 1.82) is 0 Å². The highest BCUT2D eigenvalue weighted by atomic mass is 32.2. The first-order valence-corrected chi connectivity index (χ1v) is 4.61. The number of rotatable bonds is 1. The van der Waals surface area contributed by atoms with Gasteiger partial charge in [0.1, 0.15) is 0 Å². The van der Waals surface area contributed by atoms with Crippen LogP contribution in [0.3, 0.4) is 0 Å². The highest BCUT2D eigenvalue weighted by Gasteiger charge is 2.32. The van der Waals surface area contributed by atoms with Gasteiger partial charge in [-0.2, -0.15) is 0 Å². The molecule has 0 bridgehead atoms. The molecule has 0 aromatic carbocycles. The van der Waals surface area contributed by atoms with E-state index < -0.39 is 5.37 Å². The van der Waals surface area contributed by atoms with Gasteiger partial charge in [0.2, 0.25) is 5.91 Å². The zero-order valence-electron chi connectivity index (χ0n) is 6.74. The topological polar surface area (TPSA) is 75.4 Å². The number of carbonyl (C=O) groups is 2. The number of nitrogens with one attached hydrogen (secondary N) is 1. The molecule has 0 aromatic heterocycles. The number of amides is 2. The Morgan fingerprint density at radius 2 is 2.33 bits per heavy atom. The lowest BCUT2D eigenvalue weighted by molar-refractivity contribution is -0.134. The van der Waals surface area contributed by atoms with Crippen molar-refractivity contribution in [3.8, 4) is 0 Å². The lowest BCUT2D eigenvalue weighted by Crippen LogP contribution is -2.46. The molecule has 2 amide bonds. The lowest BCUT2D eigenvalue weighted by atomic mass is 10.4. The molecule has 0 aromatic rings. The molecule has 0 spiro atoms. The van der Waals surface area contributed by atoms with E-state index in [0.717, 1.165) is 5.75 Å². The maximum absolute atomic E-state index is 11.1. The van der Waals surface area contributed by atoms with Gasteiger partial charge in [0.15, 0.2) is 5.37 Å². The van der Waals surface area contributed by atoms with Gasteiger partial charge in [0, 0.05) is 19.2 Å². The predicted octanol–water partition coefficient (Wildman–Crippen LogP) is -1.10. The highest BCUT2D eigenvalue weighted by molar-refractivity contribution is 8.00. The Bertz CT molecular complexity index is 209. The number of thioether (sulfide) groups is 1. The van der Waals surface area contributed by atoms with Gasteiger partial charge in [0.05, 0.1) is 0 Å². The van der Waals surface area contributed by atoms with Gasteiger partial charge in [-0.1, -0.05) is 0 Å². The fourth-order valence-corrected chi connectivity index (χ4v) is 2.26. The summed E-state index contributed by atoms with van der Waals surface area (Å²) in [6.07, 6.45) is 0.